The third kappa shape index (κ3) is 2.21. The lowest BCUT2D eigenvalue weighted by Crippen LogP contribution is -2.43. The average molecular weight is 211 g/mol. The van der Waals surface area contributed by atoms with Crippen LogP contribution in [0.15, 0.2) is 12.2 Å². The zero-order valence-electron chi connectivity index (χ0n) is 8.67. The number of rotatable bonds is 2. The number of nitrogens with zero attached hydrogens (tertiary/aromatic N) is 1. The number of allylic oxidation sites excluding steroid dienone is 1. The summed E-state index contributed by atoms with van der Waals surface area (Å²) in [5.74, 6) is -0.814. The van der Waals surface area contributed by atoms with E-state index in [1.807, 2.05) is 4.90 Å². The van der Waals surface area contributed by atoms with E-state index in [1.165, 1.54) is 0 Å². The summed E-state index contributed by atoms with van der Waals surface area (Å²) in [6.07, 6.45) is 7.27. The van der Waals surface area contributed by atoms with Gasteiger partial charge in [-0.2, -0.15) is 0 Å². The summed E-state index contributed by atoms with van der Waals surface area (Å²) < 4.78 is 0. The van der Waals surface area contributed by atoms with Crippen LogP contribution in [0.5, 0.6) is 0 Å². The lowest BCUT2D eigenvalue weighted by atomic mass is 10.0. The molecule has 15 heavy (non-hydrogen) atoms. The molecule has 0 radical (unpaired) electrons. The van der Waals surface area contributed by atoms with Crippen molar-refractivity contribution < 1.29 is 15.0 Å². The Bertz CT molecular complexity index is 277. The summed E-state index contributed by atoms with van der Waals surface area (Å²) >= 11 is 0. The van der Waals surface area contributed by atoms with Crippen LogP contribution in [0, 0.1) is 0 Å². The third-order valence-electron chi connectivity index (χ3n) is 3.26. The van der Waals surface area contributed by atoms with E-state index in [-0.39, 0.29) is 6.04 Å². The summed E-state index contributed by atoms with van der Waals surface area (Å²) in [5, 5.41) is 18.6. The summed E-state index contributed by atoms with van der Waals surface area (Å²) in [4.78, 5) is 12.9. The van der Waals surface area contributed by atoms with Gasteiger partial charge in [0.15, 0.2) is 0 Å². The number of β-amino-alcohol motifs (C(OH)–C–C–N with tert-alkyl or cyclic N) is 1. The van der Waals surface area contributed by atoms with Crippen LogP contribution in [-0.4, -0.2) is 45.8 Å². The van der Waals surface area contributed by atoms with E-state index in [2.05, 4.69) is 12.2 Å². The van der Waals surface area contributed by atoms with Gasteiger partial charge in [-0.15, -0.1) is 0 Å². The molecule has 0 amide bonds. The maximum absolute atomic E-state index is 11.0. The standard InChI is InChI=1S/C11H17NO3/c13-9-6-10(11(14)15)12(7-9)8-4-2-1-3-5-8/h2,4,8-10,13H,1,3,5-7H2,(H,14,15). The number of carboxylic acid groups (broad SMARTS) is 1. The zero-order valence-corrected chi connectivity index (χ0v) is 8.67. The Morgan fingerprint density at radius 1 is 1.47 bits per heavy atom. The van der Waals surface area contributed by atoms with Crippen LogP contribution in [0.3, 0.4) is 0 Å². The minimum Gasteiger partial charge on any atom is -0.480 e. The van der Waals surface area contributed by atoms with Crippen molar-refractivity contribution in [3.8, 4) is 0 Å². The highest BCUT2D eigenvalue weighted by molar-refractivity contribution is 5.74. The smallest absolute Gasteiger partial charge is 0.321 e. The van der Waals surface area contributed by atoms with Crippen LogP contribution < -0.4 is 0 Å². The highest BCUT2D eigenvalue weighted by atomic mass is 16.4. The van der Waals surface area contributed by atoms with Gasteiger partial charge in [0.1, 0.15) is 6.04 Å². The molecule has 0 aromatic rings. The first-order chi connectivity index (χ1) is 7.18. The Kier molecular flexibility index (Phi) is 3.07. The molecule has 4 nitrogen and oxygen atoms in total. The van der Waals surface area contributed by atoms with Gasteiger partial charge < -0.3 is 10.2 Å². The maximum atomic E-state index is 11.0. The van der Waals surface area contributed by atoms with Crippen molar-refractivity contribution in [1.29, 1.82) is 0 Å². The first-order valence-corrected chi connectivity index (χ1v) is 5.52. The lowest BCUT2D eigenvalue weighted by Gasteiger charge is -2.30. The highest BCUT2D eigenvalue weighted by Gasteiger charge is 2.39. The van der Waals surface area contributed by atoms with Crippen molar-refractivity contribution in [2.75, 3.05) is 6.54 Å². The van der Waals surface area contributed by atoms with Gasteiger partial charge in [0.25, 0.3) is 0 Å². The van der Waals surface area contributed by atoms with Gasteiger partial charge >= 0.3 is 5.97 Å². The summed E-state index contributed by atoms with van der Waals surface area (Å²) in [6.45, 7) is 0.492. The third-order valence-corrected chi connectivity index (χ3v) is 3.26. The van der Waals surface area contributed by atoms with Crippen LogP contribution >= 0.6 is 0 Å². The van der Waals surface area contributed by atoms with Gasteiger partial charge in [-0.1, -0.05) is 12.2 Å². The van der Waals surface area contributed by atoms with Crippen LogP contribution in [0.4, 0.5) is 0 Å². The van der Waals surface area contributed by atoms with E-state index in [0.717, 1.165) is 19.3 Å². The van der Waals surface area contributed by atoms with Crippen molar-refractivity contribution in [3.63, 3.8) is 0 Å². The molecule has 0 aromatic carbocycles. The molecule has 4 heteroatoms. The van der Waals surface area contributed by atoms with Gasteiger partial charge in [0, 0.05) is 19.0 Å². The molecule has 2 N–H and O–H groups in total. The molecule has 0 saturated carbocycles. The monoisotopic (exact) mass is 211 g/mol. The first kappa shape index (κ1) is 10.6. The molecule has 0 bridgehead atoms. The number of aliphatic hydroxyl groups excluding tert-OH is 1. The van der Waals surface area contributed by atoms with Gasteiger partial charge in [-0.3, -0.25) is 9.69 Å². The molecule has 2 rings (SSSR count). The van der Waals surface area contributed by atoms with E-state index in [0.29, 0.717) is 13.0 Å². The molecular weight excluding hydrogens is 194 g/mol. The molecule has 1 aliphatic carbocycles. The maximum Gasteiger partial charge on any atom is 0.321 e. The number of likely N-dealkylation sites (tertiary alicyclic amines) is 1. The van der Waals surface area contributed by atoms with E-state index in [1.54, 1.807) is 0 Å². The molecule has 0 spiro atoms. The summed E-state index contributed by atoms with van der Waals surface area (Å²) in [7, 11) is 0. The minimum absolute atomic E-state index is 0.206. The van der Waals surface area contributed by atoms with Crippen LogP contribution in [0.25, 0.3) is 0 Å². The summed E-state index contributed by atoms with van der Waals surface area (Å²) in [5.41, 5.74) is 0. The van der Waals surface area contributed by atoms with Crippen LogP contribution in [-0.2, 0) is 4.79 Å². The first-order valence-electron chi connectivity index (χ1n) is 5.52. The number of hydrogen-bond donors (Lipinski definition) is 2. The van der Waals surface area contributed by atoms with Gasteiger partial charge in [0.2, 0.25) is 0 Å². The van der Waals surface area contributed by atoms with E-state index < -0.39 is 18.1 Å². The Morgan fingerprint density at radius 2 is 2.27 bits per heavy atom. The molecule has 1 aliphatic heterocycles. The van der Waals surface area contributed by atoms with Crippen molar-refractivity contribution in [3.05, 3.63) is 12.2 Å². The van der Waals surface area contributed by atoms with Crippen molar-refractivity contribution in [2.45, 2.75) is 43.9 Å². The molecule has 3 atom stereocenters. The second-order valence-corrected chi connectivity index (χ2v) is 4.37. The van der Waals surface area contributed by atoms with E-state index >= 15 is 0 Å². The number of aliphatic hydroxyl groups is 1. The molecule has 1 saturated heterocycles. The fraction of sp³-hybridized carbons (Fsp3) is 0.727. The fourth-order valence-corrected chi connectivity index (χ4v) is 2.52. The van der Waals surface area contributed by atoms with Gasteiger partial charge in [-0.05, 0) is 19.3 Å². The Labute approximate surface area is 89.2 Å². The largest absolute Gasteiger partial charge is 0.480 e. The Hall–Kier alpha value is -0.870. The normalized spacial score (nSPS) is 37.0. The molecule has 1 heterocycles. The van der Waals surface area contributed by atoms with E-state index in [4.69, 9.17) is 5.11 Å². The van der Waals surface area contributed by atoms with Crippen LogP contribution in [0.2, 0.25) is 0 Å². The van der Waals surface area contributed by atoms with Crippen molar-refractivity contribution in [2.24, 2.45) is 0 Å². The molecule has 1 fully saturated rings. The number of carboxylic acids is 1. The molecule has 0 aromatic heterocycles. The predicted octanol–water partition coefficient (Wildman–Crippen LogP) is 0.615. The topological polar surface area (TPSA) is 60.8 Å². The van der Waals surface area contributed by atoms with Gasteiger partial charge in [0.05, 0.1) is 6.10 Å². The number of hydrogen-bond acceptors (Lipinski definition) is 3. The molecular formula is C11H17NO3. The van der Waals surface area contributed by atoms with E-state index in [9.17, 15) is 9.90 Å². The Morgan fingerprint density at radius 3 is 2.87 bits per heavy atom. The van der Waals surface area contributed by atoms with Crippen molar-refractivity contribution >= 4 is 5.97 Å². The predicted molar refractivity (Wildman–Crippen MR) is 55.5 cm³/mol. The second-order valence-electron chi connectivity index (χ2n) is 4.37. The number of carbonyl (C=O) groups is 1. The second kappa shape index (κ2) is 4.33. The molecule has 3 unspecified atom stereocenters. The minimum atomic E-state index is -0.814. The summed E-state index contributed by atoms with van der Waals surface area (Å²) in [6, 6.07) is -0.301. The SMILES string of the molecule is O=C(O)C1CC(O)CN1C1C=CCCC1. The highest BCUT2D eigenvalue weighted by Crippen LogP contribution is 2.26. The average Bonchev–Trinajstić information content (AvgIpc) is 2.62. The molecule has 84 valence electrons. The number of aliphatic carboxylic acids is 1. The Balaban J connectivity index is 2.08. The zero-order chi connectivity index (χ0) is 10.8. The quantitative estimate of drug-likeness (QED) is 0.657. The fourth-order valence-electron chi connectivity index (χ4n) is 2.52. The lowest BCUT2D eigenvalue weighted by molar-refractivity contribution is -0.142. The van der Waals surface area contributed by atoms with Crippen LogP contribution in [0.1, 0.15) is 25.7 Å². The molecule has 2 aliphatic rings. The van der Waals surface area contributed by atoms with Crippen molar-refractivity contribution in [1.82, 2.24) is 4.90 Å². The van der Waals surface area contributed by atoms with Gasteiger partial charge in [-0.25, -0.2) is 0 Å².